The molecule has 1 N–H and O–H groups in total. The number of benzene rings is 2. The van der Waals surface area contributed by atoms with Crippen LogP contribution in [0, 0.1) is 0 Å². The summed E-state index contributed by atoms with van der Waals surface area (Å²) in [6.45, 7) is 4.19. The van der Waals surface area contributed by atoms with Gasteiger partial charge in [0.2, 0.25) is 0 Å². The fourth-order valence-corrected chi connectivity index (χ4v) is 2.06. The molecule has 0 unspecified atom stereocenters. The number of methoxy groups -OCH3 is 1. The third-order valence-electron chi connectivity index (χ3n) is 3.22. The Balaban J connectivity index is 2.33. The van der Waals surface area contributed by atoms with Gasteiger partial charge >= 0.3 is 0 Å². The van der Waals surface area contributed by atoms with Crippen molar-refractivity contribution in [3.8, 4) is 22.6 Å². The van der Waals surface area contributed by atoms with Crippen LogP contribution in [0.25, 0.3) is 11.1 Å². The molecular formula is C18H20O2. The van der Waals surface area contributed by atoms with Crippen molar-refractivity contribution in [2.24, 2.45) is 0 Å². The van der Waals surface area contributed by atoms with Gasteiger partial charge in [0, 0.05) is 0 Å². The lowest BCUT2D eigenvalue weighted by molar-refractivity contribution is 0.411. The van der Waals surface area contributed by atoms with E-state index in [9.17, 15) is 5.11 Å². The summed E-state index contributed by atoms with van der Waals surface area (Å²) < 4.78 is 5.48. The Morgan fingerprint density at radius 1 is 1.05 bits per heavy atom. The monoisotopic (exact) mass is 268 g/mol. The maximum atomic E-state index is 9.34. The van der Waals surface area contributed by atoms with Crippen molar-refractivity contribution in [1.29, 1.82) is 0 Å². The lowest BCUT2D eigenvalue weighted by atomic mass is 10.0. The van der Waals surface area contributed by atoms with Crippen LogP contribution in [-0.2, 0) is 6.42 Å². The van der Waals surface area contributed by atoms with Crippen LogP contribution in [0.3, 0.4) is 0 Å². The number of hydrogen-bond acceptors (Lipinski definition) is 2. The lowest BCUT2D eigenvalue weighted by Gasteiger charge is -2.10. The van der Waals surface area contributed by atoms with Crippen molar-refractivity contribution in [2.75, 3.05) is 7.11 Å². The van der Waals surface area contributed by atoms with Crippen molar-refractivity contribution < 1.29 is 9.84 Å². The molecule has 0 saturated carbocycles. The highest BCUT2D eigenvalue weighted by Crippen LogP contribution is 2.28. The number of hydrogen-bond donors (Lipinski definition) is 1. The molecule has 2 aromatic carbocycles. The zero-order chi connectivity index (χ0) is 14.5. The Hall–Kier alpha value is -2.22. The molecule has 2 nitrogen and oxygen atoms in total. The fourth-order valence-electron chi connectivity index (χ4n) is 2.06. The highest BCUT2D eigenvalue weighted by atomic mass is 16.5. The molecule has 0 atom stereocenters. The van der Waals surface area contributed by atoms with E-state index in [1.807, 2.05) is 18.2 Å². The smallest absolute Gasteiger partial charge is 0.122 e. The first-order chi connectivity index (χ1) is 9.60. The minimum absolute atomic E-state index is 0.279. The van der Waals surface area contributed by atoms with Crippen LogP contribution in [0.2, 0.25) is 0 Å². The summed E-state index contributed by atoms with van der Waals surface area (Å²) in [7, 11) is 1.70. The maximum absolute atomic E-state index is 9.34. The minimum atomic E-state index is 0.279. The molecule has 104 valence electrons. The summed E-state index contributed by atoms with van der Waals surface area (Å²) in [4.78, 5) is 0. The molecule has 0 aliphatic heterocycles. The molecule has 0 spiro atoms. The Kier molecular flexibility index (Phi) is 4.46. The zero-order valence-electron chi connectivity index (χ0n) is 12.2. The number of rotatable bonds is 4. The molecule has 0 radical (unpaired) electrons. The number of phenols is 1. The summed E-state index contributed by atoms with van der Waals surface area (Å²) in [6.07, 6.45) is 3.07. The molecule has 0 saturated heterocycles. The Morgan fingerprint density at radius 3 is 2.30 bits per heavy atom. The van der Waals surface area contributed by atoms with Gasteiger partial charge in [-0.15, -0.1) is 0 Å². The van der Waals surface area contributed by atoms with E-state index in [2.05, 4.69) is 32.1 Å². The summed E-state index contributed by atoms with van der Waals surface area (Å²) in [5, 5.41) is 9.34. The first-order valence-corrected chi connectivity index (χ1v) is 6.70. The van der Waals surface area contributed by atoms with E-state index in [0.29, 0.717) is 0 Å². The van der Waals surface area contributed by atoms with Crippen LogP contribution >= 0.6 is 0 Å². The van der Waals surface area contributed by atoms with Gasteiger partial charge in [0.15, 0.2) is 0 Å². The quantitative estimate of drug-likeness (QED) is 0.823. The van der Waals surface area contributed by atoms with E-state index in [0.717, 1.165) is 23.3 Å². The van der Waals surface area contributed by atoms with E-state index in [4.69, 9.17) is 4.74 Å². The first kappa shape index (κ1) is 14.2. The molecule has 0 fully saturated rings. The highest BCUT2D eigenvalue weighted by molar-refractivity contribution is 5.66. The number of allylic oxidation sites excluding steroid dienone is 2. The molecule has 0 aromatic heterocycles. The van der Waals surface area contributed by atoms with Crippen LogP contribution in [0.15, 0.2) is 54.1 Å². The van der Waals surface area contributed by atoms with Gasteiger partial charge in [-0.1, -0.05) is 35.9 Å². The molecule has 20 heavy (non-hydrogen) atoms. The van der Waals surface area contributed by atoms with E-state index >= 15 is 0 Å². The number of phenolic OH excluding ortho intramolecular Hbond substituents is 1. The van der Waals surface area contributed by atoms with E-state index in [1.165, 1.54) is 11.1 Å². The van der Waals surface area contributed by atoms with Crippen LogP contribution in [-0.4, -0.2) is 12.2 Å². The molecule has 0 aliphatic carbocycles. The van der Waals surface area contributed by atoms with Gasteiger partial charge in [-0.25, -0.2) is 0 Å². The predicted octanol–water partition coefficient (Wildman–Crippen LogP) is 4.58. The predicted molar refractivity (Wildman–Crippen MR) is 83.2 cm³/mol. The van der Waals surface area contributed by atoms with Crippen LogP contribution in [0.4, 0.5) is 0 Å². The van der Waals surface area contributed by atoms with E-state index < -0.39 is 0 Å². The average Bonchev–Trinajstić information content (AvgIpc) is 2.45. The topological polar surface area (TPSA) is 29.5 Å². The molecule has 2 heteroatoms. The highest BCUT2D eigenvalue weighted by Gasteiger charge is 2.05. The second-order valence-corrected chi connectivity index (χ2v) is 5.06. The van der Waals surface area contributed by atoms with E-state index in [1.54, 1.807) is 19.2 Å². The van der Waals surface area contributed by atoms with Gasteiger partial charge in [0.25, 0.3) is 0 Å². The molecule has 0 aliphatic rings. The molecule has 0 heterocycles. The summed E-state index contributed by atoms with van der Waals surface area (Å²) >= 11 is 0. The third-order valence-corrected chi connectivity index (χ3v) is 3.22. The van der Waals surface area contributed by atoms with E-state index in [-0.39, 0.29) is 5.75 Å². The summed E-state index contributed by atoms with van der Waals surface area (Å²) in [6, 6.07) is 13.4. The average molecular weight is 268 g/mol. The van der Waals surface area contributed by atoms with Gasteiger partial charge in [-0.2, -0.15) is 0 Å². The summed E-state index contributed by atoms with van der Waals surface area (Å²) in [5.41, 5.74) is 4.63. The number of ether oxygens (including phenoxy) is 1. The van der Waals surface area contributed by atoms with Gasteiger partial charge < -0.3 is 9.84 Å². The molecule has 0 bridgehead atoms. The van der Waals surface area contributed by atoms with Gasteiger partial charge in [-0.05, 0) is 55.2 Å². The fraction of sp³-hybridized carbons (Fsp3) is 0.222. The Morgan fingerprint density at radius 2 is 1.70 bits per heavy atom. The van der Waals surface area contributed by atoms with Crippen LogP contribution < -0.4 is 4.74 Å². The van der Waals surface area contributed by atoms with Crippen LogP contribution in [0.5, 0.6) is 11.5 Å². The standard InChI is InChI=1S/C18H20O2/c1-13(2)4-5-15-6-7-16(12-18(15)20-3)14-8-10-17(19)11-9-14/h4,6-12,19H,5H2,1-3H3. The molecule has 2 aromatic rings. The second-order valence-electron chi connectivity index (χ2n) is 5.06. The first-order valence-electron chi connectivity index (χ1n) is 6.70. The maximum Gasteiger partial charge on any atom is 0.122 e. The van der Waals surface area contributed by atoms with Gasteiger partial charge in [0.05, 0.1) is 7.11 Å². The third kappa shape index (κ3) is 3.41. The SMILES string of the molecule is COc1cc(-c2ccc(O)cc2)ccc1CC=C(C)C. The van der Waals surface area contributed by atoms with Crippen LogP contribution in [0.1, 0.15) is 19.4 Å². The Bertz CT molecular complexity index is 606. The molecular weight excluding hydrogens is 248 g/mol. The Labute approximate surface area is 120 Å². The van der Waals surface area contributed by atoms with Gasteiger partial charge in [-0.3, -0.25) is 0 Å². The lowest BCUT2D eigenvalue weighted by Crippen LogP contribution is -1.92. The van der Waals surface area contributed by atoms with Crippen molar-refractivity contribution in [1.82, 2.24) is 0 Å². The molecule has 2 rings (SSSR count). The summed E-state index contributed by atoms with van der Waals surface area (Å²) in [5.74, 6) is 1.17. The van der Waals surface area contributed by atoms with Crippen molar-refractivity contribution >= 4 is 0 Å². The largest absolute Gasteiger partial charge is 0.508 e. The number of aromatic hydroxyl groups is 1. The zero-order valence-corrected chi connectivity index (χ0v) is 12.2. The van der Waals surface area contributed by atoms with Crippen molar-refractivity contribution in [3.05, 3.63) is 59.7 Å². The van der Waals surface area contributed by atoms with Crippen molar-refractivity contribution in [3.63, 3.8) is 0 Å². The normalized spacial score (nSPS) is 10.2. The second kappa shape index (κ2) is 6.29. The van der Waals surface area contributed by atoms with Crippen molar-refractivity contribution in [2.45, 2.75) is 20.3 Å². The molecule has 0 amide bonds. The minimum Gasteiger partial charge on any atom is -0.508 e. The van der Waals surface area contributed by atoms with Gasteiger partial charge in [0.1, 0.15) is 11.5 Å².